The van der Waals surface area contributed by atoms with Crippen LogP contribution < -0.4 is 5.32 Å². The average Bonchev–Trinajstić information content (AvgIpc) is 2.37. The number of nitrogens with one attached hydrogen (secondary N) is 1. The van der Waals surface area contributed by atoms with E-state index in [-0.39, 0.29) is 23.7 Å². The zero-order valence-electron chi connectivity index (χ0n) is 11.2. The zero-order chi connectivity index (χ0) is 14.3. The maximum Gasteiger partial charge on any atom is 0.131 e. The van der Waals surface area contributed by atoms with Gasteiger partial charge in [0.2, 0.25) is 0 Å². The van der Waals surface area contributed by atoms with Crippen LogP contribution in [0.25, 0.3) is 0 Å². The van der Waals surface area contributed by atoms with Crippen LogP contribution in [-0.4, -0.2) is 19.8 Å². The molecular formula is C14H18F2N2O. The van der Waals surface area contributed by atoms with Crippen molar-refractivity contribution in [2.24, 2.45) is 0 Å². The lowest BCUT2D eigenvalue weighted by Crippen LogP contribution is -2.33. The van der Waals surface area contributed by atoms with Crippen molar-refractivity contribution in [3.63, 3.8) is 0 Å². The van der Waals surface area contributed by atoms with Gasteiger partial charge in [0.1, 0.15) is 11.6 Å². The van der Waals surface area contributed by atoms with E-state index in [2.05, 4.69) is 5.32 Å². The molecule has 1 aromatic carbocycles. The quantitative estimate of drug-likeness (QED) is 0.827. The summed E-state index contributed by atoms with van der Waals surface area (Å²) in [5.74, 6) is -1.39. The second-order valence-electron chi connectivity index (χ2n) is 4.35. The van der Waals surface area contributed by atoms with Crippen molar-refractivity contribution in [2.45, 2.75) is 32.4 Å². The molecule has 19 heavy (non-hydrogen) atoms. The maximum atomic E-state index is 13.7. The monoisotopic (exact) mass is 268 g/mol. The number of nitrogens with zero attached hydrogens (tertiary/aromatic N) is 1. The predicted octanol–water partition coefficient (Wildman–Crippen LogP) is 2.74. The summed E-state index contributed by atoms with van der Waals surface area (Å²) in [5, 5.41) is 11.7. The van der Waals surface area contributed by atoms with Gasteiger partial charge in [0, 0.05) is 25.3 Å². The normalized spacial score (nSPS) is 12.2. The van der Waals surface area contributed by atoms with Crippen molar-refractivity contribution in [3.8, 4) is 6.07 Å². The third-order valence-corrected chi connectivity index (χ3v) is 2.84. The van der Waals surface area contributed by atoms with Gasteiger partial charge in [-0.3, -0.25) is 0 Å². The van der Waals surface area contributed by atoms with Crippen molar-refractivity contribution < 1.29 is 13.5 Å². The number of nitriles is 1. The van der Waals surface area contributed by atoms with E-state index in [4.69, 9.17) is 10.00 Å². The Kier molecular flexibility index (Phi) is 6.40. The van der Waals surface area contributed by atoms with E-state index in [1.807, 2.05) is 6.92 Å². The first-order valence-electron chi connectivity index (χ1n) is 6.22. The van der Waals surface area contributed by atoms with Crippen molar-refractivity contribution in [2.75, 3.05) is 13.7 Å². The van der Waals surface area contributed by atoms with E-state index >= 15 is 0 Å². The largest absolute Gasteiger partial charge is 0.383 e. The van der Waals surface area contributed by atoms with Crippen molar-refractivity contribution in [1.82, 2.24) is 5.32 Å². The standard InChI is InChI=1S/C14H18F2N2O/c1-3-4-11(9-19-2)18-8-12-13(15)5-10(7-17)6-14(12)16/h5-6,11,18H,3-4,8-9H2,1-2H3. The fraction of sp³-hybridized carbons (Fsp3) is 0.500. The first-order valence-corrected chi connectivity index (χ1v) is 6.22. The molecule has 0 amide bonds. The highest BCUT2D eigenvalue weighted by Crippen LogP contribution is 2.15. The molecule has 0 saturated heterocycles. The van der Waals surface area contributed by atoms with E-state index in [9.17, 15) is 8.78 Å². The lowest BCUT2D eigenvalue weighted by Gasteiger charge is -2.17. The minimum Gasteiger partial charge on any atom is -0.383 e. The predicted molar refractivity (Wildman–Crippen MR) is 68.5 cm³/mol. The van der Waals surface area contributed by atoms with Gasteiger partial charge in [-0.1, -0.05) is 13.3 Å². The van der Waals surface area contributed by atoms with Gasteiger partial charge < -0.3 is 10.1 Å². The van der Waals surface area contributed by atoms with E-state index in [1.54, 1.807) is 13.2 Å². The molecule has 3 nitrogen and oxygen atoms in total. The Labute approximate surface area is 112 Å². The molecule has 0 bridgehead atoms. The number of hydrogen-bond donors (Lipinski definition) is 1. The van der Waals surface area contributed by atoms with E-state index in [0.29, 0.717) is 6.61 Å². The molecule has 1 unspecified atom stereocenters. The third-order valence-electron chi connectivity index (χ3n) is 2.84. The van der Waals surface area contributed by atoms with E-state index < -0.39 is 11.6 Å². The molecule has 1 rings (SSSR count). The highest BCUT2D eigenvalue weighted by Gasteiger charge is 2.13. The molecule has 5 heteroatoms. The van der Waals surface area contributed by atoms with Gasteiger partial charge in [0.05, 0.1) is 18.2 Å². The molecule has 0 saturated carbocycles. The van der Waals surface area contributed by atoms with Crippen LogP contribution in [0, 0.1) is 23.0 Å². The van der Waals surface area contributed by atoms with Crippen molar-refractivity contribution in [1.29, 1.82) is 5.26 Å². The minimum absolute atomic E-state index is 0.0132. The van der Waals surface area contributed by atoms with Crippen LogP contribution in [0.5, 0.6) is 0 Å². The Bertz CT molecular complexity index is 428. The molecule has 0 radical (unpaired) electrons. The Hall–Kier alpha value is -1.51. The second kappa shape index (κ2) is 7.82. The Balaban J connectivity index is 2.74. The average molecular weight is 268 g/mol. The molecule has 1 atom stereocenters. The highest BCUT2D eigenvalue weighted by molar-refractivity contribution is 5.34. The van der Waals surface area contributed by atoms with Gasteiger partial charge >= 0.3 is 0 Å². The first kappa shape index (κ1) is 15.5. The fourth-order valence-electron chi connectivity index (χ4n) is 1.88. The number of benzene rings is 1. The molecule has 104 valence electrons. The summed E-state index contributed by atoms with van der Waals surface area (Å²) in [5.41, 5.74) is -0.0584. The molecule has 0 aliphatic carbocycles. The molecule has 1 N–H and O–H groups in total. The van der Waals surface area contributed by atoms with Crippen LogP contribution in [0.3, 0.4) is 0 Å². The highest BCUT2D eigenvalue weighted by atomic mass is 19.1. The summed E-state index contributed by atoms with van der Waals surface area (Å²) in [4.78, 5) is 0. The Morgan fingerprint density at radius 3 is 2.47 bits per heavy atom. The van der Waals surface area contributed by atoms with Gasteiger partial charge in [-0.05, 0) is 18.6 Å². The lowest BCUT2D eigenvalue weighted by atomic mass is 10.1. The molecular weight excluding hydrogens is 250 g/mol. The number of hydrogen-bond acceptors (Lipinski definition) is 3. The smallest absolute Gasteiger partial charge is 0.131 e. The Morgan fingerprint density at radius 2 is 2.00 bits per heavy atom. The summed E-state index contributed by atoms with van der Waals surface area (Å²) in [6.07, 6.45) is 1.83. The maximum absolute atomic E-state index is 13.7. The summed E-state index contributed by atoms with van der Waals surface area (Å²) in [6.45, 7) is 2.61. The van der Waals surface area contributed by atoms with Crippen LogP contribution in [-0.2, 0) is 11.3 Å². The van der Waals surface area contributed by atoms with Crippen molar-refractivity contribution in [3.05, 3.63) is 34.9 Å². The first-order chi connectivity index (χ1) is 9.12. The molecule has 0 fully saturated rings. The summed E-state index contributed by atoms with van der Waals surface area (Å²) >= 11 is 0. The SMILES string of the molecule is CCCC(COC)NCc1c(F)cc(C#N)cc1F. The number of halogens is 2. The molecule has 0 heterocycles. The fourth-order valence-corrected chi connectivity index (χ4v) is 1.88. The van der Waals surface area contributed by atoms with E-state index in [0.717, 1.165) is 25.0 Å². The molecule has 1 aromatic rings. The van der Waals surface area contributed by atoms with Gasteiger partial charge in [-0.25, -0.2) is 8.78 Å². The van der Waals surface area contributed by atoms with Crippen LogP contribution >= 0.6 is 0 Å². The minimum atomic E-state index is -0.697. The Morgan fingerprint density at radius 1 is 1.37 bits per heavy atom. The third kappa shape index (κ3) is 4.58. The zero-order valence-corrected chi connectivity index (χ0v) is 11.2. The summed E-state index contributed by atoms with van der Waals surface area (Å²) in [6, 6.07) is 3.87. The number of methoxy groups -OCH3 is 1. The molecule has 0 aliphatic heterocycles. The molecule has 0 spiro atoms. The van der Waals surface area contributed by atoms with Crippen LogP contribution in [0.1, 0.15) is 30.9 Å². The number of rotatable bonds is 7. The van der Waals surface area contributed by atoms with Gasteiger partial charge in [0.15, 0.2) is 0 Å². The van der Waals surface area contributed by atoms with Gasteiger partial charge in [-0.15, -0.1) is 0 Å². The van der Waals surface area contributed by atoms with Crippen LogP contribution in [0.15, 0.2) is 12.1 Å². The summed E-state index contributed by atoms with van der Waals surface area (Å²) < 4.78 is 32.4. The van der Waals surface area contributed by atoms with Gasteiger partial charge in [-0.2, -0.15) is 5.26 Å². The second-order valence-corrected chi connectivity index (χ2v) is 4.35. The van der Waals surface area contributed by atoms with Crippen molar-refractivity contribution >= 4 is 0 Å². The topological polar surface area (TPSA) is 45.0 Å². The van der Waals surface area contributed by atoms with Crippen LogP contribution in [0.2, 0.25) is 0 Å². The van der Waals surface area contributed by atoms with Gasteiger partial charge in [0.25, 0.3) is 0 Å². The lowest BCUT2D eigenvalue weighted by molar-refractivity contribution is 0.161. The number of ether oxygens (including phenoxy) is 1. The van der Waals surface area contributed by atoms with Crippen LogP contribution in [0.4, 0.5) is 8.78 Å². The van der Waals surface area contributed by atoms with E-state index in [1.165, 1.54) is 0 Å². The summed E-state index contributed by atoms with van der Waals surface area (Å²) in [7, 11) is 1.59. The molecule has 0 aliphatic rings. The molecule has 0 aromatic heterocycles.